The van der Waals surface area contributed by atoms with E-state index in [9.17, 15) is 14.0 Å². The molecule has 5 nitrogen and oxygen atoms in total. The molecule has 28 heavy (non-hydrogen) atoms. The number of hydrogen-bond donors (Lipinski definition) is 0. The molecule has 1 aliphatic heterocycles. The Kier molecular flexibility index (Phi) is 5.34. The Bertz CT molecular complexity index is 1010. The molecule has 1 aliphatic rings. The first-order valence-corrected chi connectivity index (χ1v) is 10.1. The molecule has 0 bridgehead atoms. The summed E-state index contributed by atoms with van der Waals surface area (Å²) >= 11 is 1.58. The Balaban J connectivity index is 1.50. The lowest BCUT2D eigenvalue weighted by Crippen LogP contribution is -2.44. The second kappa shape index (κ2) is 8.06. The monoisotopic (exact) mass is 397 g/mol. The van der Waals surface area contributed by atoms with Crippen LogP contribution in [0.25, 0.3) is 10.6 Å². The van der Waals surface area contributed by atoms with Crippen molar-refractivity contribution in [3.63, 3.8) is 0 Å². The summed E-state index contributed by atoms with van der Waals surface area (Å²) in [6.07, 6.45) is 1.85. The molecular weight excluding hydrogens is 377 g/mol. The standard InChI is InChI=1S/C21H20FN3O2S/c22-16-7-5-15(6-8-16)13-21(27)24-11-1-3-17(14-24)25-20(26)10-9-18(23-25)19-4-2-12-28-19/h2,4-10,12,17H,1,3,11,13-14H2. The zero-order valence-electron chi connectivity index (χ0n) is 15.3. The van der Waals surface area contributed by atoms with E-state index in [2.05, 4.69) is 5.10 Å². The van der Waals surface area contributed by atoms with Crippen LogP contribution in [0.3, 0.4) is 0 Å². The van der Waals surface area contributed by atoms with Crippen LogP contribution in [0.15, 0.2) is 58.7 Å². The molecule has 144 valence electrons. The van der Waals surface area contributed by atoms with Gasteiger partial charge in [-0.05, 0) is 48.1 Å². The minimum Gasteiger partial charge on any atom is -0.340 e. The highest BCUT2D eigenvalue weighted by atomic mass is 32.1. The third kappa shape index (κ3) is 4.04. The molecule has 0 aliphatic carbocycles. The fourth-order valence-corrected chi connectivity index (χ4v) is 4.20. The molecule has 0 N–H and O–H groups in total. The first-order chi connectivity index (χ1) is 13.6. The van der Waals surface area contributed by atoms with Gasteiger partial charge >= 0.3 is 0 Å². The second-order valence-electron chi connectivity index (χ2n) is 6.92. The first kappa shape index (κ1) is 18.6. The Morgan fingerprint density at radius 1 is 1.18 bits per heavy atom. The maximum absolute atomic E-state index is 13.1. The molecule has 0 spiro atoms. The summed E-state index contributed by atoms with van der Waals surface area (Å²) in [6, 6.07) is 13.1. The van der Waals surface area contributed by atoms with Crippen LogP contribution in [0.5, 0.6) is 0 Å². The van der Waals surface area contributed by atoms with Gasteiger partial charge in [0.05, 0.1) is 17.3 Å². The van der Waals surface area contributed by atoms with Crippen LogP contribution in [-0.4, -0.2) is 33.7 Å². The van der Waals surface area contributed by atoms with E-state index in [1.807, 2.05) is 17.5 Å². The van der Waals surface area contributed by atoms with Gasteiger partial charge in [0.2, 0.25) is 5.91 Å². The fourth-order valence-electron chi connectivity index (χ4n) is 3.51. The van der Waals surface area contributed by atoms with Crippen molar-refractivity contribution in [1.82, 2.24) is 14.7 Å². The van der Waals surface area contributed by atoms with Crippen molar-refractivity contribution in [2.24, 2.45) is 0 Å². The van der Waals surface area contributed by atoms with E-state index in [4.69, 9.17) is 0 Å². The van der Waals surface area contributed by atoms with Gasteiger partial charge in [-0.1, -0.05) is 18.2 Å². The van der Waals surface area contributed by atoms with Gasteiger partial charge in [0, 0.05) is 19.2 Å². The molecule has 1 amide bonds. The minimum atomic E-state index is -0.315. The number of piperidine rings is 1. The zero-order chi connectivity index (χ0) is 19.5. The fraction of sp³-hybridized carbons (Fsp3) is 0.286. The maximum Gasteiger partial charge on any atom is 0.267 e. The third-order valence-corrected chi connectivity index (χ3v) is 5.85. The topological polar surface area (TPSA) is 55.2 Å². The summed E-state index contributed by atoms with van der Waals surface area (Å²) in [5.74, 6) is -0.330. The number of hydrogen-bond acceptors (Lipinski definition) is 4. The van der Waals surface area contributed by atoms with Gasteiger partial charge in [0.15, 0.2) is 0 Å². The molecule has 0 radical (unpaired) electrons. The number of aromatic nitrogens is 2. The molecule has 7 heteroatoms. The molecular formula is C21H20FN3O2S. The predicted octanol–water partition coefficient (Wildman–Crippen LogP) is 3.52. The molecule has 1 fully saturated rings. The van der Waals surface area contributed by atoms with Crippen LogP contribution in [0.1, 0.15) is 24.4 Å². The quantitative estimate of drug-likeness (QED) is 0.677. The summed E-state index contributed by atoms with van der Waals surface area (Å²) in [7, 11) is 0. The summed E-state index contributed by atoms with van der Waals surface area (Å²) in [6.45, 7) is 1.12. The number of rotatable bonds is 4. The van der Waals surface area contributed by atoms with Crippen LogP contribution in [0.4, 0.5) is 4.39 Å². The number of amides is 1. The van der Waals surface area contributed by atoms with E-state index in [0.29, 0.717) is 13.1 Å². The Labute approximate surface area is 166 Å². The lowest BCUT2D eigenvalue weighted by molar-refractivity contribution is -0.132. The average molecular weight is 397 g/mol. The SMILES string of the molecule is O=C(Cc1ccc(F)cc1)N1CCCC(n2nc(-c3cccs3)ccc2=O)C1. The number of nitrogens with zero attached hydrogens (tertiary/aromatic N) is 3. The number of likely N-dealkylation sites (tertiary alicyclic amines) is 1. The van der Waals surface area contributed by atoms with Gasteiger partial charge in [0.1, 0.15) is 11.5 Å². The highest BCUT2D eigenvalue weighted by Gasteiger charge is 2.26. The number of benzene rings is 1. The van der Waals surface area contributed by atoms with Crippen LogP contribution in [0, 0.1) is 5.82 Å². The van der Waals surface area contributed by atoms with Crippen molar-refractivity contribution in [2.45, 2.75) is 25.3 Å². The van der Waals surface area contributed by atoms with Gasteiger partial charge in [0.25, 0.3) is 5.56 Å². The number of carbonyl (C=O) groups excluding carboxylic acids is 1. The number of carbonyl (C=O) groups is 1. The molecule has 1 unspecified atom stereocenters. The van der Waals surface area contributed by atoms with Gasteiger partial charge < -0.3 is 4.90 Å². The van der Waals surface area contributed by atoms with Crippen LogP contribution in [0.2, 0.25) is 0 Å². The summed E-state index contributed by atoms with van der Waals surface area (Å²) in [5.41, 5.74) is 1.39. The Morgan fingerprint density at radius 3 is 2.75 bits per heavy atom. The van der Waals surface area contributed by atoms with E-state index in [-0.39, 0.29) is 29.7 Å². The highest BCUT2D eigenvalue weighted by Crippen LogP contribution is 2.24. The van der Waals surface area contributed by atoms with E-state index in [0.717, 1.165) is 29.0 Å². The smallest absolute Gasteiger partial charge is 0.267 e. The second-order valence-corrected chi connectivity index (χ2v) is 7.87. The molecule has 2 aromatic heterocycles. The number of thiophene rings is 1. The lowest BCUT2D eigenvalue weighted by atomic mass is 10.0. The van der Waals surface area contributed by atoms with Crippen LogP contribution < -0.4 is 5.56 Å². The van der Waals surface area contributed by atoms with Crippen LogP contribution in [-0.2, 0) is 11.2 Å². The molecule has 0 saturated carbocycles. The largest absolute Gasteiger partial charge is 0.340 e. The molecule has 4 rings (SSSR count). The van der Waals surface area contributed by atoms with Crippen molar-refractivity contribution in [1.29, 1.82) is 0 Å². The summed E-state index contributed by atoms with van der Waals surface area (Å²) in [4.78, 5) is 27.9. The Hall–Kier alpha value is -2.80. The van der Waals surface area contributed by atoms with Gasteiger partial charge in [-0.3, -0.25) is 9.59 Å². The van der Waals surface area contributed by atoms with Crippen molar-refractivity contribution < 1.29 is 9.18 Å². The minimum absolute atomic E-state index is 0.0150. The molecule has 1 saturated heterocycles. The predicted molar refractivity (Wildman–Crippen MR) is 107 cm³/mol. The van der Waals surface area contributed by atoms with E-state index >= 15 is 0 Å². The lowest BCUT2D eigenvalue weighted by Gasteiger charge is -2.33. The van der Waals surface area contributed by atoms with Crippen LogP contribution >= 0.6 is 11.3 Å². The van der Waals surface area contributed by atoms with Crippen molar-refractivity contribution >= 4 is 17.2 Å². The summed E-state index contributed by atoms with van der Waals surface area (Å²) < 4.78 is 14.6. The zero-order valence-corrected chi connectivity index (χ0v) is 16.1. The summed E-state index contributed by atoms with van der Waals surface area (Å²) in [5, 5.41) is 6.54. The third-order valence-electron chi connectivity index (χ3n) is 4.96. The van der Waals surface area contributed by atoms with E-state index < -0.39 is 0 Å². The van der Waals surface area contributed by atoms with Gasteiger partial charge in [-0.15, -0.1) is 11.3 Å². The highest BCUT2D eigenvalue weighted by molar-refractivity contribution is 7.13. The first-order valence-electron chi connectivity index (χ1n) is 9.26. The number of halogens is 1. The van der Waals surface area contributed by atoms with Gasteiger partial charge in [-0.2, -0.15) is 5.10 Å². The normalized spacial score (nSPS) is 16.9. The maximum atomic E-state index is 13.1. The van der Waals surface area contributed by atoms with E-state index in [1.54, 1.807) is 40.5 Å². The molecule has 1 atom stereocenters. The van der Waals surface area contributed by atoms with Crippen molar-refractivity contribution in [3.8, 4) is 10.6 Å². The average Bonchev–Trinajstić information content (AvgIpc) is 3.25. The van der Waals surface area contributed by atoms with Gasteiger partial charge in [-0.25, -0.2) is 9.07 Å². The molecule has 3 aromatic rings. The molecule has 1 aromatic carbocycles. The van der Waals surface area contributed by atoms with Crippen molar-refractivity contribution in [2.75, 3.05) is 13.1 Å². The van der Waals surface area contributed by atoms with E-state index in [1.165, 1.54) is 16.8 Å². The Morgan fingerprint density at radius 2 is 2.00 bits per heavy atom. The molecule has 3 heterocycles. The van der Waals surface area contributed by atoms with Crippen molar-refractivity contribution in [3.05, 3.63) is 75.6 Å².